The second-order valence-corrected chi connectivity index (χ2v) is 6.72. The summed E-state index contributed by atoms with van der Waals surface area (Å²) < 4.78 is 6.14. The molecule has 0 bridgehead atoms. The number of fused-ring (bicyclic) bond motifs is 2. The van der Waals surface area contributed by atoms with Crippen LogP contribution >= 0.6 is 0 Å². The van der Waals surface area contributed by atoms with Gasteiger partial charge < -0.3 is 15.1 Å². The van der Waals surface area contributed by atoms with Crippen molar-refractivity contribution in [3.63, 3.8) is 0 Å². The van der Waals surface area contributed by atoms with E-state index in [1.807, 2.05) is 57.2 Å². The highest BCUT2D eigenvalue weighted by molar-refractivity contribution is 5.87. The molecule has 0 amide bonds. The van der Waals surface area contributed by atoms with Crippen LogP contribution < -0.4 is 11.2 Å². The van der Waals surface area contributed by atoms with Gasteiger partial charge in [0.05, 0.1) is 10.9 Å². The van der Waals surface area contributed by atoms with Gasteiger partial charge in [0.2, 0.25) is 0 Å². The Morgan fingerprint density at radius 3 is 2.64 bits per heavy atom. The van der Waals surface area contributed by atoms with Crippen molar-refractivity contribution in [2.75, 3.05) is 0 Å². The molecule has 4 aromatic rings. The van der Waals surface area contributed by atoms with E-state index in [4.69, 9.17) is 10.2 Å². The lowest BCUT2D eigenvalue weighted by atomic mass is 9.99. The number of benzene rings is 2. The average molecular weight is 332 g/mol. The number of aromatic amines is 1. The van der Waals surface area contributed by atoms with Gasteiger partial charge in [-0.3, -0.25) is 4.79 Å². The largest absolute Gasteiger partial charge is 0.455 e. The van der Waals surface area contributed by atoms with E-state index in [0.29, 0.717) is 22.3 Å². The highest BCUT2D eigenvalue weighted by atomic mass is 16.3. The predicted molar refractivity (Wildman–Crippen MR) is 102 cm³/mol. The fourth-order valence-corrected chi connectivity index (χ4v) is 3.37. The first kappa shape index (κ1) is 15.7. The Morgan fingerprint density at radius 2 is 1.88 bits per heavy atom. The Morgan fingerprint density at radius 1 is 1.08 bits per heavy atom. The molecular formula is C21H20N2O2. The molecule has 0 spiro atoms. The van der Waals surface area contributed by atoms with Crippen LogP contribution in [0.2, 0.25) is 0 Å². The van der Waals surface area contributed by atoms with E-state index >= 15 is 0 Å². The first-order valence-electron chi connectivity index (χ1n) is 8.37. The molecule has 0 saturated heterocycles. The molecule has 4 heteroatoms. The van der Waals surface area contributed by atoms with Crippen molar-refractivity contribution < 1.29 is 4.42 Å². The lowest BCUT2D eigenvalue weighted by Gasteiger charge is -2.13. The summed E-state index contributed by atoms with van der Waals surface area (Å²) in [6.45, 7) is 5.79. The number of aromatic nitrogens is 1. The van der Waals surface area contributed by atoms with Gasteiger partial charge in [-0.2, -0.15) is 0 Å². The normalized spacial score (nSPS) is 12.8. The van der Waals surface area contributed by atoms with E-state index in [-0.39, 0.29) is 5.43 Å². The zero-order chi connectivity index (χ0) is 17.7. The van der Waals surface area contributed by atoms with Gasteiger partial charge >= 0.3 is 0 Å². The smallest absolute Gasteiger partial charge is 0.198 e. The Labute approximate surface area is 145 Å². The van der Waals surface area contributed by atoms with Crippen LogP contribution in [-0.2, 0) is 0 Å². The fourth-order valence-electron chi connectivity index (χ4n) is 3.37. The number of H-pyrrole nitrogens is 1. The molecule has 4 rings (SSSR count). The van der Waals surface area contributed by atoms with E-state index in [1.165, 1.54) is 0 Å². The molecule has 0 aliphatic rings. The minimum atomic E-state index is -0.417. The Kier molecular flexibility index (Phi) is 3.51. The van der Waals surface area contributed by atoms with E-state index in [2.05, 4.69) is 11.1 Å². The zero-order valence-electron chi connectivity index (χ0n) is 14.5. The van der Waals surface area contributed by atoms with Crippen molar-refractivity contribution in [3.05, 3.63) is 69.5 Å². The second-order valence-electron chi connectivity index (χ2n) is 6.72. The third kappa shape index (κ3) is 2.55. The molecule has 2 aromatic heterocycles. The SMILES string of the molecule is Cc1ccc2oc(-c3ccc4[nH]c(C)cc4c3)c(C(C)N)c(=O)c2c1. The number of hydrogen-bond acceptors (Lipinski definition) is 3. The van der Waals surface area contributed by atoms with Crippen molar-refractivity contribution in [1.29, 1.82) is 0 Å². The number of nitrogens with one attached hydrogen (secondary N) is 1. The molecule has 0 aliphatic carbocycles. The average Bonchev–Trinajstić information content (AvgIpc) is 2.94. The Hall–Kier alpha value is -2.85. The number of hydrogen-bond donors (Lipinski definition) is 2. The summed E-state index contributed by atoms with van der Waals surface area (Å²) in [6.07, 6.45) is 0. The topological polar surface area (TPSA) is 72.0 Å². The van der Waals surface area contributed by atoms with Crippen LogP contribution in [0.15, 0.2) is 51.7 Å². The minimum absolute atomic E-state index is 0.0553. The molecule has 1 atom stereocenters. The van der Waals surface area contributed by atoms with Gasteiger partial charge in [-0.1, -0.05) is 11.6 Å². The van der Waals surface area contributed by atoms with Gasteiger partial charge in [0.1, 0.15) is 11.3 Å². The van der Waals surface area contributed by atoms with Crippen LogP contribution in [0.4, 0.5) is 0 Å². The molecule has 1 unspecified atom stereocenters. The minimum Gasteiger partial charge on any atom is -0.455 e. The van der Waals surface area contributed by atoms with Crippen molar-refractivity contribution >= 4 is 21.9 Å². The van der Waals surface area contributed by atoms with E-state index < -0.39 is 6.04 Å². The number of aryl methyl sites for hydroxylation is 2. The molecular weight excluding hydrogens is 312 g/mol. The quantitative estimate of drug-likeness (QED) is 0.564. The van der Waals surface area contributed by atoms with Gasteiger partial charge in [-0.25, -0.2) is 0 Å². The molecule has 4 nitrogen and oxygen atoms in total. The third-order valence-corrected chi connectivity index (χ3v) is 4.55. The summed E-state index contributed by atoms with van der Waals surface area (Å²) in [4.78, 5) is 16.3. The lowest BCUT2D eigenvalue weighted by molar-refractivity contribution is 0.600. The summed E-state index contributed by atoms with van der Waals surface area (Å²) in [7, 11) is 0. The monoisotopic (exact) mass is 332 g/mol. The van der Waals surface area contributed by atoms with Crippen molar-refractivity contribution in [2.24, 2.45) is 5.73 Å². The first-order valence-corrected chi connectivity index (χ1v) is 8.37. The summed E-state index contributed by atoms with van der Waals surface area (Å²) >= 11 is 0. The van der Waals surface area contributed by atoms with Gasteiger partial charge in [0, 0.05) is 28.2 Å². The van der Waals surface area contributed by atoms with Crippen molar-refractivity contribution in [1.82, 2.24) is 4.98 Å². The maximum absolute atomic E-state index is 13.0. The molecule has 3 N–H and O–H groups in total. The van der Waals surface area contributed by atoms with Gasteiger partial charge in [-0.05, 0) is 57.2 Å². The third-order valence-electron chi connectivity index (χ3n) is 4.55. The summed E-state index contributed by atoms with van der Waals surface area (Å²) in [5.41, 5.74) is 11.2. The molecule has 0 aliphatic heterocycles. The van der Waals surface area contributed by atoms with Crippen LogP contribution in [0.1, 0.15) is 29.8 Å². The molecule has 2 aromatic carbocycles. The Balaban J connectivity index is 2.06. The molecule has 2 heterocycles. The summed E-state index contributed by atoms with van der Waals surface area (Å²) in [5, 5.41) is 1.66. The van der Waals surface area contributed by atoms with Gasteiger partial charge in [-0.15, -0.1) is 0 Å². The van der Waals surface area contributed by atoms with Crippen LogP contribution in [0.3, 0.4) is 0 Å². The van der Waals surface area contributed by atoms with Crippen LogP contribution in [0.5, 0.6) is 0 Å². The second kappa shape index (κ2) is 5.60. The van der Waals surface area contributed by atoms with E-state index in [1.54, 1.807) is 0 Å². The van der Waals surface area contributed by atoms with Crippen LogP contribution in [-0.4, -0.2) is 4.98 Å². The van der Waals surface area contributed by atoms with Crippen molar-refractivity contribution in [2.45, 2.75) is 26.8 Å². The summed E-state index contributed by atoms with van der Waals surface area (Å²) in [5.74, 6) is 0.553. The highest BCUT2D eigenvalue weighted by Gasteiger charge is 2.19. The summed E-state index contributed by atoms with van der Waals surface area (Å²) in [6, 6.07) is 13.3. The van der Waals surface area contributed by atoms with Gasteiger partial charge in [0.15, 0.2) is 5.43 Å². The first-order chi connectivity index (χ1) is 11.9. The Bertz CT molecular complexity index is 1170. The maximum atomic E-state index is 13.0. The predicted octanol–water partition coefficient (Wildman–Crippen LogP) is 4.58. The number of rotatable bonds is 2. The van der Waals surface area contributed by atoms with Gasteiger partial charge in [0.25, 0.3) is 0 Å². The number of nitrogens with two attached hydrogens (primary N) is 1. The molecule has 25 heavy (non-hydrogen) atoms. The molecule has 126 valence electrons. The maximum Gasteiger partial charge on any atom is 0.198 e. The lowest BCUT2D eigenvalue weighted by Crippen LogP contribution is -2.19. The zero-order valence-corrected chi connectivity index (χ0v) is 14.5. The van der Waals surface area contributed by atoms with E-state index in [9.17, 15) is 4.79 Å². The van der Waals surface area contributed by atoms with Crippen LogP contribution in [0.25, 0.3) is 33.2 Å². The standard InChI is InChI=1S/C21H20N2O2/c1-11-4-7-18-16(8-11)20(24)19(13(3)22)21(25-18)14-5-6-17-15(10-14)9-12(2)23-17/h4-10,13,23H,22H2,1-3H3. The highest BCUT2D eigenvalue weighted by Crippen LogP contribution is 2.31. The molecule has 0 fully saturated rings. The molecule has 0 radical (unpaired) electrons. The molecule has 0 saturated carbocycles. The van der Waals surface area contributed by atoms with Crippen molar-refractivity contribution in [3.8, 4) is 11.3 Å². The fraction of sp³-hybridized carbons (Fsp3) is 0.190. The van der Waals surface area contributed by atoms with Crippen LogP contribution in [0, 0.1) is 13.8 Å². The van der Waals surface area contributed by atoms with E-state index in [0.717, 1.165) is 27.7 Å².